The number of hydrogen-bond acceptors (Lipinski definition) is 4. The van der Waals surface area contributed by atoms with Crippen molar-refractivity contribution in [2.45, 2.75) is 6.92 Å². The summed E-state index contributed by atoms with van der Waals surface area (Å²) in [7, 11) is 1.87. The maximum atomic E-state index is 12.0. The Morgan fingerprint density at radius 3 is 2.79 bits per heavy atom. The fourth-order valence-corrected chi connectivity index (χ4v) is 2.22. The first-order valence-electron chi connectivity index (χ1n) is 7.75. The van der Waals surface area contributed by atoms with E-state index in [0.717, 1.165) is 11.3 Å². The van der Waals surface area contributed by atoms with Gasteiger partial charge in [-0.1, -0.05) is 18.2 Å². The van der Waals surface area contributed by atoms with Crippen LogP contribution >= 0.6 is 0 Å². The monoisotopic (exact) mass is 323 g/mol. The van der Waals surface area contributed by atoms with Crippen molar-refractivity contribution >= 4 is 11.6 Å². The van der Waals surface area contributed by atoms with Gasteiger partial charge in [0.05, 0.1) is 18.2 Å². The Bertz CT molecular complexity index is 737. The van der Waals surface area contributed by atoms with E-state index in [2.05, 4.69) is 11.4 Å². The van der Waals surface area contributed by atoms with E-state index in [1.807, 2.05) is 43.1 Å². The Labute approximate surface area is 142 Å². The van der Waals surface area contributed by atoms with Gasteiger partial charge in [0.25, 0.3) is 0 Å². The summed E-state index contributed by atoms with van der Waals surface area (Å²) in [4.78, 5) is 13.9. The number of benzene rings is 2. The minimum atomic E-state index is -0.122. The zero-order valence-corrected chi connectivity index (χ0v) is 14.0. The highest BCUT2D eigenvalue weighted by Gasteiger charge is 2.07. The molecule has 0 radical (unpaired) electrons. The van der Waals surface area contributed by atoms with Crippen molar-refractivity contribution in [3.8, 4) is 11.8 Å². The van der Waals surface area contributed by atoms with Gasteiger partial charge in [0, 0.05) is 12.2 Å². The molecule has 0 heterocycles. The average Bonchev–Trinajstić information content (AvgIpc) is 2.55. The molecule has 0 bridgehead atoms. The average molecular weight is 323 g/mol. The van der Waals surface area contributed by atoms with Crippen molar-refractivity contribution in [3.63, 3.8) is 0 Å². The molecule has 0 fully saturated rings. The molecular weight excluding hydrogens is 302 g/mol. The summed E-state index contributed by atoms with van der Waals surface area (Å²) in [6.45, 7) is 3.43. The molecule has 1 amide bonds. The van der Waals surface area contributed by atoms with Crippen LogP contribution in [0, 0.1) is 18.3 Å². The quantitative estimate of drug-likeness (QED) is 0.851. The maximum Gasteiger partial charge on any atom is 0.238 e. The van der Waals surface area contributed by atoms with Gasteiger partial charge in [0.1, 0.15) is 12.4 Å². The summed E-state index contributed by atoms with van der Waals surface area (Å²) in [6.07, 6.45) is 0. The van der Waals surface area contributed by atoms with Gasteiger partial charge in [-0.25, -0.2) is 0 Å². The third-order valence-corrected chi connectivity index (χ3v) is 3.42. The second-order valence-electron chi connectivity index (χ2n) is 5.64. The fourth-order valence-electron chi connectivity index (χ4n) is 2.22. The van der Waals surface area contributed by atoms with Crippen molar-refractivity contribution in [1.29, 1.82) is 5.26 Å². The molecule has 1 N–H and O–H groups in total. The maximum absolute atomic E-state index is 12.0. The van der Waals surface area contributed by atoms with Crippen LogP contribution in [0.4, 0.5) is 5.69 Å². The molecule has 24 heavy (non-hydrogen) atoms. The molecular formula is C19H21N3O2. The predicted molar refractivity (Wildman–Crippen MR) is 94.0 cm³/mol. The SMILES string of the molecule is Cc1cccc(OCCN(C)CC(=O)Nc2cccc(C#N)c2)c1. The standard InChI is InChI=1S/C19H21N3O2/c1-15-5-3-8-18(11-15)24-10-9-22(2)14-19(23)21-17-7-4-6-16(12-17)13-20/h3-8,11-12H,9-10,14H2,1-2H3,(H,21,23). The molecule has 0 aliphatic heterocycles. The fraction of sp³-hybridized carbons (Fsp3) is 0.263. The lowest BCUT2D eigenvalue weighted by Crippen LogP contribution is -2.33. The van der Waals surface area contributed by atoms with E-state index < -0.39 is 0 Å². The highest BCUT2D eigenvalue weighted by Crippen LogP contribution is 2.12. The first-order valence-corrected chi connectivity index (χ1v) is 7.75. The predicted octanol–water partition coefficient (Wildman–Crippen LogP) is 2.82. The number of nitrogens with one attached hydrogen (secondary N) is 1. The van der Waals surface area contributed by atoms with Crippen molar-refractivity contribution in [1.82, 2.24) is 4.90 Å². The van der Waals surface area contributed by atoms with Gasteiger partial charge < -0.3 is 10.1 Å². The van der Waals surface area contributed by atoms with Crippen LogP contribution in [0.5, 0.6) is 5.75 Å². The molecule has 0 spiro atoms. The molecule has 0 saturated carbocycles. The number of ether oxygens (including phenoxy) is 1. The highest BCUT2D eigenvalue weighted by molar-refractivity contribution is 5.92. The summed E-state index contributed by atoms with van der Waals surface area (Å²) >= 11 is 0. The first kappa shape index (κ1) is 17.5. The lowest BCUT2D eigenvalue weighted by Gasteiger charge is -2.17. The number of carbonyl (C=O) groups excluding carboxylic acids is 1. The number of anilines is 1. The molecule has 124 valence electrons. The Hall–Kier alpha value is -2.84. The van der Waals surface area contributed by atoms with E-state index in [0.29, 0.717) is 24.4 Å². The summed E-state index contributed by atoms with van der Waals surface area (Å²) in [5, 5.41) is 11.7. The molecule has 0 aliphatic rings. The zero-order chi connectivity index (χ0) is 17.4. The van der Waals surface area contributed by atoms with Crippen LogP contribution < -0.4 is 10.1 Å². The number of carbonyl (C=O) groups is 1. The Morgan fingerprint density at radius 1 is 1.25 bits per heavy atom. The van der Waals surface area contributed by atoms with Crippen LogP contribution in [0.2, 0.25) is 0 Å². The number of nitrogens with zero attached hydrogens (tertiary/aromatic N) is 2. The van der Waals surface area contributed by atoms with Gasteiger partial charge >= 0.3 is 0 Å². The number of aryl methyl sites for hydroxylation is 1. The molecule has 0 aliphatic carbocycles. The smallest absolute Gasteiger partial charge is 0.238 e. The summed E-state index contributed by atoms with van der Waals surface area (Å²) in [6, 6.07) is 16.8. The van der Waals surface area contributed by atoms with Gasteiger partial charge in [0.2, 0.25) is 5.91 Å². The molecule has 2 rings (SSSR count). The van der Waals surface area contributed by atoms with Gasteiger partial charge in [-0.05, 0) is 49.9 Å². The van der Waals surface area contributed by atoms with Crippen LogP contribution in [0.25, 0.3) is 0 Å². The third-order valence-electron chi connectivity index (χ3n) is 3.42. The second kappa shape index (κ2) is 8.70. The Morgan fingerprint density at radius 2 is 2.04 bits per heavy atom. The number of amides is 1. The minimum absolute atomic E-state index is 0.122. The van der Waals surface area contributed by atoms with E-state index in [4.69, 9.17) is 10.00 Å². The number of likely N-dealkylation sites (N-methyl/N-ethyl adjacent to an activating group) is 1. The van der Waals surface area contributed by atoms with E-state index in [9.17, 15) is 4.79 Å². The van der Waals surface area contributed by atoms with Crippen LogP contribution in [-0.4, -0.2) is 37.6 Å². The lowest BCUT2D eigenvalue weighted by molar-refractivity contribution is -0.117. The van der Waals surface area contributed by atoms with Gasteiger partial charge in [-0.3, -0.25) is 9.69 Å². The van der Waals surface area contributed by atoms with Gasteiger partial charge in [-0.2, -0.15) is 5.26 Å². The zero-order valence-electron chi connectivity index (χ0n) is 14.0. The van der Waals surface area contributed by atoms with Gasteiger partial charge in [0.15, 0.2) is 0 Å². The van der Waals surface area contributed by atoms with Crippen molar-refractivity contribution in [2.75, 3.05) is 32.1 Å². The van der Waals surface area contributed by atoms with Gasteiger partial charge in [-0.15, -0.1) is 0 Å². The van der Waals surface area contributed by atoms with E-state index in [-0.39, 0.29) is 12.5 Å². The normalized spacial score (nSPS) is 10.2. The number of rotatable bonds is 7. The molecule has 2 aromatic carbocycles. The first-order chi connectivity index (χ1) is 11.6. The number of hydrogen-bond donors (Lipinski definition) is 1. The summed E-state index contributed by atoms with van der Waals surface area (Å²) in [5.41, 5.74) is 2.30. The second-order valence-corrected chi connectivity index (χ2v) is 5.64. The van der Waals surface area contributed by atoms with Crippen LogP contribution in [-0.2, 0) is 4.79 Å². The third kappa shape index (κ3) is 5.75. The minimum Gasteiger partial charge on any atom is -0.492 e. The summed E-state index contributed by atoms with van der Waals surface area (Å²) < 4.78 is 5.68. The molecule has 5 heteroatoms. The van der Waals surface area contributed by atoms with Crippen molar-refractivity contribution < 1.29 is 9.53 Å². The lowest BCUT2D eigenvalue weighted by atomic mass is 10.2. The van der Waals surface area contributed by atoms with Crippen molar-refractivity contribution in [2.24, 2.45) is 0 Å². The van der Waals surface area contributed by atoms with E-state index >= 15 is 0 Å². The van der Waals surface area contributed by atoms with E-state index in [1.165, 1.54) is 0 Å². The molecule has 0 atom stereocenters. The molecule has 0 saturated heterocycles. The summed E-state index contributed by atoms with van der Waals surface area (Å²) in [5.74, 6) is 0.712. The van der Waals surface area contributed by atoms with E-state index in [1.54, 1.807) is 24.3 Å². The molecule has 0 unspecified atom stereocenters. The molecule has 0 aromatic heterocycles. The van der Waals surface area contributed by atoms with Crippen LogP contribution in [0.3, 0.4) is 0 Å². The Balaban J connectivity index is 1.74. The van der Waals surface area contributed by atoms with Crippen LogP contribution in [0.1, 0.15) is 11.1 Å². The highest BCUT2D eigenvalue weighted by atomic mass is 16.5. The molecule has 2 aromatic rings. The topological polar surface area (TPSA) is 65.4 Å². The van der Waals surface area contributed by atoms with Crippen molar-refractivity contribution in [3.05, 3.63) is 59.7 Å². The number of nitriles is 1. The largest absolute Gasteiger partial charge is 0.492 e. The Kier molecular flexibility index (Phi) is 6.35. The molecule has 5 nitrogen and oxygen atoms in total. The van der Waals surface area contributed by atoms with Crippen LogP contribution in [0.15, 0.2) is 48.5 Å².